The average Bonchev–Trinajstić information content (AvgIpc) is 3.82. The first-order valence-corrected chi connectivity index (χ1v) is 19.0. The largest absolute Gasteiger partial charge is 0.309 e. The van der Waals surface area contributed by atoms with Gasteiger partial charge in [-0.1, -0.05) is 60.7 Å². The number of rotatable bonds is 5. The lowest BCUT2D eigenvalue weighted by molar-refractivity contribution is 1.14. The quantitative estimate of drug-likeness (QED) is 0.171. The molecule has 8 heteroatoms. The van der Waals surface area contributed by atoms with Gasteiger partial charge >= 0.3 is 0 Å². The summed E-state index contributed by atoms with van der Waals surface area (Å²) in [5.74, 6) is 0. The van der Waals surface area contributed by atoms with E-state index < -0.39 is 0 Å². The second-order valence-corrected chi connectivity index (χ2v) is 14.4. The number of para-hydroxylation sites is 2. The summed E-state index contributed by atoms with van der Waals surface area (Å²) in [7, 11) is 0. The Morgan fingerprint density at radius 2 is 0.833 bits per heavy atom. The van der Waals surface area contributed by atoms with Crippen molar-refractivity contribution in [2.24, 2.45) is 0 Å². The smallest absolute Gasteiger partial charge is 0.0998 e. The van der Waals surface area contributed by atoms with Crippen molar-refractivity contribution >= 4 is 43.6 Å². The van der Waals surface area contributed by atoms with E-state index in [1.807, 2.05) is 79.0 Å². The summed E-state index contributed by atoms with van der Waals surface area (Å²) >= 11 is 0. The highest BCUT2D eigenvalue weighted by molar-refractivity contribution is 6.13. The average molecular weight is 763 g/mol. The number of hydrogen-bond acceptors (Lipinski definition) is 6. The molecule has 60 heavy (non-hydrogen) atoms. The van der Waals surface area contributed by atoms with Crippen LogP contribution >= 0.6 is 0 Å². The van der Waals surface area contributed by atoms with Crippen LogP contribution in [0.2, 0.25) is 0 Å². The molecule has 10 aromatic rings. The lowest BCUT2D eigenvalue weighted by Crippen LogP contribution is -2.02. The Balaban J connectivity index is 1.20. The molecule has 274 valence electrons. The number of nitriles is 5. The van der Waals surface area contributed by atoms with E-state index in [4.69, 9.17) is 0 Å². The maximum Gasteiger partial charge on any atom is 0.0998 e. The third-order valence-electron chi connectivity index (χ3n) is 11.2. The summed E-state index contributed by atoms with van der Waals surface area (Å²) in [5, 5.41) is 53.2. The van der Waals surface area contributed by atoms with Crippen molar-refractivity contribution in [1.29, 1.82) is 26.3 Å². The Hall–Kier alpha value is -9.26. The second kappa shape index (κ2) is 14.0. The molecule has 0 amide bonds. The molecule has 0 spiro atoms. The molecule has 0 aliphatic rings. The standard InChI is InChI=1S/C52H26N8/c53-26-32-9-14-39(37(21-32)29-56)35-12-17-50-44(24-35)41-5-1-3-7-47(41)59(50)49-16-11-34(28-55)23-43(49)46-31-58-20-19-52(46)60-48-8-4-2-6-42(48)45-25-36(13-18-51(45)60)40-15-10-33(27-54)22-38(40)30-57/h1-25,31H. The number of aromatic nitrogens is 3. The van der Waals surface area contributed by atoms with Gasteiger partial charge in [-0.2, -0.15) is 26.3 Å². The first kappa shape index (κ1) is 35.2. The van der Waals surface area contributed by atoms with Crippen molar-refractivity contribution in [2.75, 3.05) is 0 Å². The predicted molar refractivity (Wildman–Crippen MR) is 233 cm³/mol. The Morgan fingerprint density at radius 3 is 1.35 bits per heavy atom. The van der Waals surface area contributed by atoms with Gasteiger partial charge in [-0.3, -0.25) is 4.98 Å². The Kier molecular flexibility index (Phi) is 8.23. The summed E-state index contributed by atoms with van der Waals surface area (Å²) in [6.07, 6.45) is 3.62. The van der Waals surface area contributed by atoms with Gasteiger partial charge in [-0.25, -0.2) is 0 Å². The molecule has 7 aromatic carbocycles. The zero-order chi connectivity index (χ0) is 40.9. The molecule has 8 nitrogen and oxygen atoms in total. The fourth-order valence-corrected chi connectivity index (χ4v) is 8.52. The van der Waals surface area contributed by atoms with Crippen LogP contribution in [-0.2, 0) is 0 Å². The highest BCUT2D eigenvalue weighted by atomic mass is 15.0. The summed E-state index contributed by atoms with van der Waals surface area (Å²) in [6.45, 7) is 0. The van der Waals surface area contributed by atoms with Crippen LogP contribution in [0.25, 0.3) is 88.4 Å². The van der Waals surface area contributed by atoms with Crippen LogP contribution in [-0.4, -0.2) is 14.1 Å². The summed E-state index contributed by atoms with van der Waals surface area (Å²) in [6, 6.07) is 58.0. The first-order chi connectivity index (χ1) is 29.5. The molecule has 3 heterocycles. The highest BCUT2D eigenvalue weighted by Crippen LogP contribution is 2.42. The number of pyridine rings is 1. The van der Waals surface area contributed by atoms with E-state index in [0.717, 1.165) is 88.4 Å². The fourth-order valence-electron chi connectivity index (χ4n) is 8.52. The van der Waals surface area contributed by atoms with Crippen LogP contribution in [0, 0.1) is 56.7 Å². The SMILES string of the molecule is N#Cc1ccc(-c2ccc3c(c2)c2ccccc2n3-c2ccncc2-c2cc(C#N)ccc2-n2c3ccccc3c3cc(-c4ccc(C#N)cc4C#N)ccc32)c(C#N)c1. The zero-order valence-corrected chi connectivity index (χ0v) is 31.6. The third-order valence-corrected chi connectivity index (χ3v) is 11.2. The van der Waals surface area contributed by atoms with E-state index >= 15 is 0 Å². The fraction of sp³-hybridized carbons (Fsp3) is 0. The molecule has 0 saturated carbocycles. The molecule has 10 rings (SSSR count). The van der Waals surface area contributed by atoms with Gasteiger partial charge in [0.2, 0.25) is 0 Å². The van der Waals surface area contributed by atoms with E-state index in [1.54, 1.807) is 30.5 Å². The number of hydrogen-bond donors (Lipinski definition) is 0. The van der Waals surface area contributed by atoms with Gasteiger partial charge in [0.05, 0.1) is 91.6 Å². The van der Waals surface area contributed by atoms with Gasteiger partial charge in [0.15, 0.2) is 0 Å². The van der Waals surface area contributed by atoms with Gasteiger partial charge in [0, 0.05) is 45.1 Å². The van der Waals surface area contributed by atoms with Crippen LogP contribution < -0.4 is 0 Å². The minimum Gasteiger partial charge on any atom is -0.309 e. The Bertz CT molecular complexity index is 3680. The van der Waals surface area contributed by atoms with Crippen molar-refractivity contribution in [3.05, 3.63) is 186 Å². The summed E-state index contributed by atoms with van der Waals surface area (Å²) in [4.78, 5) is 4.65. The van der Waals surface area contributed by atoms with Crippen LogP contribution in [0.5, 0.6) is 0 Å². The van der Waals surface area contributed by atoms with Gasteiger partial charge in [0.1, 0.15) is 0 Å². The normalized spacial score (nSPS) is 10.9. The van der Waals surface area contributed by atoms with Gasteiger partial charge in [0.25, 0.3) is 0 Å². The lowest BCUT2D eigenvalue weighted by Gasteiger charge is -2.18. The van der Waals surface area contributed by atoms with E-state index in [2.05, 4.69) is 93.0 Å². The number of fused-ring (bicyclic) bond motifs is 6. The summed E-state index contributed by atoms with van der Waals surface area (Å²) in [5.41, 5.74) is 12.6. The first-order valence-electron chi connectivity index (χ1n) is 19.0. The van der Waals surface area contributed by atoms with Crippen LogP contribution in [0.15, 0.2) is 158 Å². The van der Waals surface area contributed by atoms with Crippen molar-refractivity contribution in [3.8, 4) is 75.1 Å². The van der Waals surface area contributed by atoms with Gasteiger partial charge in [-0.05, 0) is 107 Å². The molecule has 3 aromatic heterocycles. The molecule has 0 fully saturated rings. The topological polar surface area (TPSA) is 142 Å². The Morgan fingerprint density at radius 1 is 0.367 bits per heavy atom. The maximum atomic E-state index is 10.3. The molecule has 0 radical (unpaired) electrons. The molecule has 0 atom stereocenters. The third kappa shape index (κ3) is 5.45. The van der Waals surface area contributed by atoms with Crippen molar-refractivity contribution in [1.82, 2.24) is 14.1 Å². The van der Waals surface area contributed by atoms with E-state index in [0.29, 0.717) is 27.8 Å². The molecule has 0 aliphatic carbocycles. The summed E-state index contributed by atoms with van der Waals surface area (Å²) < 4.78 is 4.44. The molecule has 0 aliphatic heterocycles. The molecule has 0 bridgehead atoms. The molecule has 0 N–H and O–H groups in total. The van der Waals surface area contributed by atoms with E-state index in [1.165, 1.54) is 0 Å². The van der Waals surface area contributed by atoms with Crippen LogP contribution in [0.4, 0.5) is 0 Å². The monoisotopic (exact) mass is 762 g/mol. The second-order valence-electron chi connectivity index (χ2n) is 14.4. The van der Waals surface area contributed by atoms with Gasteiger partial charge in [-0.15, -0.1) is 0 Å². The number of nitrogens with zero attached hydrogens (tertiary/aromatic N) is 8. The van der Waals surface area contributed by atoms with Crippen molar-refractivity contribution in [3.63, 3.8) is 0 Å². The van der Waals surface area contributed by atoms with E-state index in [9.17, 15) is 26.3 Å². The minimum absolute atomic E-state index is 0.429. The van der Waals surface area contributed by atoms with E-state index in [-0.39, 0.29) is 0 Å². The van der Waals surface area contributed by atoms with Crippen LogP contribution in [0.3, 0.4) is 0 Å². The molecular weight excluding hydrogens is 737 g/mol. The maximum absolute atomic E-state index is 10.3. The minimum atomic E-state index is 0.429. The predicted octanol–water partition coefficient (Wildman–Crippen LogP) is 11.6. The Labute approximate surface area is 343 Å². The van der Waals surface area contributed by atoms with Crippen molar-refractivity contribution < 1.29 is 0 Å². The van der Waals surface area contributed by atoms with Crippen LogP contribution in [0.1, 0.15) is 27.8 Å². The highest BCUT2D eigenvalue weighted by Gasteiger charge is 2.22. The molecule has 0 unspecified atom stereocenters. The molecule has 0 saturated heterocycles. The van der Waals surface area contributed by atoms with Crippen molar-refractivity contribution in [2.45, 2.75) is 0 Å². The van der Waals surface area contributed by atoms with Gasteiger partial charge < -0.3 is 9.13 Å². The lowest BCUT2D eigenvalue weighted by atomic mass is 9.97. The number of benzene rings is 7. The molecular formula is C52H26N8. The zero-order valence-electron chi connectivity index (χ0n) is 31.6.